The SMILES string of the molecule is CN(C(=O)C(=O)NCCCN1CCCC1=O)C1CCS(=O)(=O)C1. The first-order chi connectivity index (χ1) is 10.8. The van der Waals surface area contributed by atoms with E-state index < -0.39 is 27.7 Å². The molecule has 130 valence electrons. The Hall–Kier alpha value is -1.64. The predicted molar refractivity (Wildman–Crippen MR) is 83.3 cm³/mol. The lowest BCUT2D eigenvalue weighted by molar-refractivity contribution is -0.146. The number of carbonyl (C=O) groups is 3. The third-order valence-electron chi connectivity index (χ3n) is 4.33. The summed E-state index contributed by atoms with van der Waals surface area (Å²) in [5, 5.41) is 2.53. The molecule has 8 nitrogen and oxygen atoms in total. The Morgan fingerprint density at radius 1 is 1.39 bits per heavy atom. The maximum Gasteiger partial charge on any atom is 0.311 e. The maximum atomic E-state index is 12.0. The summed E-state index contributed by atoms with van der Waals surface area (Å²) in [6.07, 6.45) is 2.42. The van der Waals surface area contributed by atoms with Gasteiger partial charge >= 0.3 is 11.8 Å². The van der Waals surface area contributed by atoms with Gasteiger partial charge in [0.15, 0.2) is 9.84 Å². The molecule has 2 fully saturated rings. The Kier molecular flexibility index (Phi) is 5.61. The van der Waals surface area contributed by atoms with Crippen molar-refractivity contribution in [1.29, 1.82) is 0 Å². The van der Waals surface area contributed by atoms with Gasteiger partial charge in [0.05, 0.1) is 11.5 Å². The number of hydrogen-bond acceptors (Lipinski definition) is 5. The molecule has 23 heavy (non-hydrogen) atoms. The van der Waals surface area contributed by atoms with Crippen LogP contribution in [0.15, 0.2) is 0 Å². The third kappa shape index (κ3) is 4.66. The summed E-state index contributed by atoms with van der Waals surface area (Å²) in [4.78, 5) is 38.2. The normalized spacial score (nSPS) is 23.1. The van der Waals surface area contributed by atoms with Crippen molar-refractivity contribution < 1.29 is 22.8 Å². The van der Waals surface area contributed by atoms with Crippen LogP contribution in [0, 0.1) is 0 Å². The fraction of sp³-hybridized carbons (Fsp3) is 0.786. The molecule has 0 saturated carbocycles. The first-order valence-corrected chi connectivity index (χ1v) is 9.65. The lowest BCUT2D eigenvalue weighted by Gasteiger charge is -2.22. The van der Waals surface area contributed by atoms with E-state index in [1.54, 1.807) is 4.90 Å². The van der Waals surface area contributed by atoms with Crippen molar-refractivity contribution in [1.82, 2.24) is 15.1 Å². The predicted octanol–water partition coefficient (Wildman–Crippen LogP) is -1.24. The summed E-state index contributed by atoms with van der Waals surface area (Å²) in [6.45, 7) is 1.64. The van der Waals surface area contributed by atoms with E-state index in [0.29, 0.717) is 32.4 Å². The molecular weight excluding hydrogens is 322 g/mol. The topological polar surface area (TPSA) is 104 Å². The number of likely N-dealkylation sites (N-methyl/N-ethyl adjacent to an activating group) is 1. The van der Waals surface area contributed by atoms with Crippen LogP contribution < -0.4 is 5.32 Å². The molecule has 0 aromatic rings. The van der Waals surface area contributed by atoms with Gasteiger partial charge in [0.25, 0.3) is 0 Å². The van der Waals surface area contributed by atoms with Crippen LogP contribution in [0.1, 0.15) is 25.7 Å². The van der Waals surface area contributed by atoms with Crippen LogP contribution in [0.2, 0.25) is 0 Å². The van der Waals surface area contributed by atoms with Crippen LogP contribution in [0.5, 0.6) is 0 Å². The summed E-state index contributed by atoms with van der Waals surface area (Å²) in [7, 11) is -1.64. The van der Waals surface area contributed by atoms with Crippen LogP contribution in [0.3, 0.4) is 0 Å². The second-order valence-corrected chi connectivity index (χ2v) is 8.30. The molecule has 0 aromatic heterocycles. The monoisotopic (exact) mass is 345 g/mol. The number of sulfone groups is 1. The van der Waals surface area contributed by atoms with Crippen LogP contribution in [-0.2, 0) is 24.2 Å². The molecule has 0 bridgehead atoms. The standard InChI is InChI=1S/C14H23N3O5S/c1-16(11-5-9-23(21,22)10-11)14(20)13(19)15-6-3-8-17-7-2-4-12(17)18/h11H,2-10H2,1H3,(H,15,19). The molecule has 9 heteroatoms. The molecule has 2 saturated heterocycles. The fourth-order valence-corrected chi connectivity index (χ4v) is 4.67. The van der Waals surface area contributed by atoms with Crippen molar-refractivity contribution in [2.24, 2.45) is 0 Å². The lowest BCUT2D eigenvalue weighted by Crippen LogP contribution is -2.46. The summed E-state index contributed by atoms with van der Waals surface area (Å²) < 4.78 is 22.9. The Morgan fingerprint density at radius 3 is 2.70 bits per heavy atom. The zero-order valence-electron chi connectivity index (χ0n) is 13.3. The van der Waals surface area contributed by atoms with Gasteiger partial charge in [-0.1, -0.05) is 0 Å². The molecule has 1 atom stereocenters. The minimum Gasteiger partial charge on any atom is -0.348 e. The molecule has 0 radical (unpaired) electrons. The average molecular weight is 345 g/mol. The van der Waals surface area contributed by atoms with Gasteiger partial charge in [-0.3, -0.25) is 14.4 Å². The molecule has 2 heterocycles. The highest BCUT2D eigenvalue weighted by atomic mass is 32.2. The Morgan fingerprint density at radius 2 is 2.13 bits per heavy atom. The first kappa shape index (κ1) is 17.7. The fourth-order valence-electron chi connectivity index (χ4n) is 2.89. The highest BCUT2D eigenvalue weighted by Gasteiger charge is 2.34. The van der Waals surface area contributed by atoms with Crippen LogP contribution in [0.25, 0.3) is 0 Å². The zero-order valence-corrected chi connectivity index (χ0v) is 14.1. The molecule has 2 aliphatic heterocycles. The van der Waals surface area contributed by atoms with E-state index in [4.69, 9.17) is 0 Å². The number of nitrogens with one attached hydrogen (secondary N) is 1. The lowest BCUT2D eigenvalue weighted by atomic mass is 10.2. The second-order valence-electron chi connectivity index (χ2n) is 6.07. The van der Waals surface area contributed by atoms with Gasteiger partial charge < -0.3 is 15.1 Å². The molecule has 0 spiro atoms. The van der Waals surface area contributed by atoms with E-state index >= 15 is 0 Å². The van der Waals surface area contributed by atoms with Crippen molar-refractivity contribution in [3.05, 3.63) is 0 Å². The van der Waals surface area contributed by atoms with E-state index in [1.807, 2.05) is 0 Å². The number of hydrogen-bond donors (Lipinski definition) is 1. The number of likely N-dealkylation sites (tertiary alicyclic amines) is 1. The second kappa shape index (κ2) is 7.29. The van der Waals surface area contributed by atoms with Gasteiger partial charge in [-0.15, -0.1) is 0 Å². The first-order valence-electron chi connectivity index (χ1n) is 7.83. The van der Waals surface area contributed by atoms with Crippen molar-refractivity contribution in [3.8, 4) is 0 Å². The highest BCUT2D eigenvalue weighted by molar-refractivity contribution is 7.91. The number of amides is 3. The van der Waals surface area contributed by atoms with Gasteiger partial charge in [0.2, 0.25) is 5.91 Å². The van der Waals surface area contributed by atoms with Crippen molar-refractivity contribution >= 4 is 27.6 Å². The molecule has 1 unspecified atom stereocenters. The Balaban J connectivity index is 1.70. The van der Waals surface area contributed by atoms with E-state index in [0.717, 1.165) is 13.0 Å². The summed E-state index contributed by atoms with van der Waals surface area (Å²) in [5.74, 6) is -1.34. The Bertz CT molecular complexity index is 589. The van der Waals surface area contributed by atoms with E-state index in [9.17, 15) is 22.8 Å². The van der Waals surface area contributed by atoms with Gasteiger partial charge in [0, 0.05) is 39.1 Å². The van der Waals surface area contributed by atoms with Crippen molar-refractivity contribution in [3.63, 3.8) is 0 Å². The van der Waals surface area contributed by atoms with E-state index in [1.165, 1.54) is 11.9 Å². The van der Waals surface area contributed by atoms with Gasteiger partial charge in [0.1, 0.15) is 0 Å². The quantitative estimate of drug-likeness (QED) is 0.496. The van der Waals surface area contributed by atoms with E-state index in [-0.39, 0.29) is 17.4 Å². The molecule has 1 N–H and O–H groups in total. The van der Waals surface area contributed by atoms with Gasteiger partial charge in [-0.2, -0.15) is 0 Å². The van der Waals surface area contributed by atoms with Crippen LogP contribution in [-0.4, -0.2) is 80.2 Å². The van der Waals surface area contributed by atoms with Gasteiger partial charge in [-0.05, 0) is 19.3 Å². The van der Waals surface area contributed by atoms with E-state index in [2.05, 4.69) is 5.32 Å². The molecule has 2 aliphatic rings. The Labute approximate surface area is 136 Å². The van der Waals surface area contributed by atoms with Crippen molar-refractivity contribution in [2.75, 3.05) is 38.2 Å². The minimum atomic E-state index is -3.10. The van der Waals surface area contributed by atoms with Crippen LogP contribution >= 0.6 is 0 Å². The van der Waals surface area contributed by atoms with Gasteiger partial charge in [-0.25, -0.2) is 8.42 Å². The average Bonchev–Trinajstić information content (AvgIpc) is 3.07. The van der Waals surface area contributed by atoms with Crippen molar-refractivity contribution in [2.45, 2.75) is 31.7 Å². The molecule has 0 aromatic carbocycles. The number of nitrogens with zero attached hydrogens (tertiary/aromatic N) is 2. The zero-order chi connectivity index (χ0) is 17.0. The summed E-state index contributed by atoms with van der Waals surface area (Å²) >= 11 is 0. The number of carbonyl (C=O) groups excluding carboxylic acids is 3. The largest absolute Gasteiger partial charge is 0.348 e. The smallest absolute Gasteiger partial charge is 0.311 e. The minimum absolute atomic E-state index is 0.0563. The molecule has 2 rings (SSSR count). The number of rotatable bonds is 5. The maximum absolute atomic E-state index is 12.0. The molecule has 0 aliphatic carbocycles. The summed E-state index contributed by atoms with van der Waals surface area (Å²) in [6, 6.07) is -0.430. The molecule has 3 amide bonds. The molecular formula is C14H23N3O5S. The van der Waals surface area contributed by atoms with Crippen LogP contribution in [0.4, 0.5) is 0 Å². The highest BCUT2D eigenvalue weighted by Crippen LogP contribution is 2.16. The summed E-state index contributed by atoms with van der Waals surface area (Å²) in [5.41, 5.74) is 0. The third-order valence-corrected chi connectivity index (χ3v) is 6.08.